The van der Waals surface area contributed by atoms with E-state index >= 15 is 0 Å². The molecule has 4 N–H and O–H groups in total. The summed E-state index contributed by atoms with van der Waals surface area (Å²) in [5, 5.41) is 31.7. The summed E-state index contributed by atoms with van der Waals surface area (Å²) in [6, 6.07) is 3.02. The van der Waals surface area contributed by atoms with Crippen LogP contribution in [-0.4, -0.2) is 21.9 Å². The van der Waals surface area contributed by atoms with Crippen LogP contribution >= 0.6 is 0 Å². The molecule has 2 rings (SSSR count). The van der Waals surface area contributed by atoms with E-state index in [4.69, 9.17) is 0 Å². The summed E-state index contributed by atoms with van der Waals surface area (Å²) in [6.45, 7) is 3.75. The maximum absolute atomic E-state index is 9.71. The van der Waals surface area contributed by atoms with Gasteiger partial charge in [-0.25, -0.2) is 0 Å². The molecule has 1 aromatic rings. The largest absolute Gasteiger partial charge is 0.504 e. The van der Waals surface area contributed by atoms with Crippen molar-refractivity contribution in [2.24, 2.45) is 11.8 Å². The highest BCUT2D eigenvalue weighted by Crippen LogP contribution is 2.37. The molecular weight excluding hydrogens is 254 g/mol. The Morgan fingerprint density at radius 2 is 1.75 bits per heavy atom. The number of phenolic OH excluding ortho intramolecular Hbond substituents is 3. The van der Waals surface area contributed by atoms with Crippen LogP contribution in [0.4, 0.5) is 0 Å². The van der Waals surface area contributed by atoms with Crippen molar-refractivity contribution < 1.29 is 15.3 Å². The van der Waals surface area contributed by atoms with Crippen LogP contribution in [0.2, 0.25) is 0 Å². The summed E-state index contributed by atoms with van der Waals surface area (Å²) in [7, 11) is 0. The lowest BCUT2D eigenvalue weighted by molar-refractivity contribution is 0.275. The quantitative estimate of drug-likeness (QED) is 0.493. The minimum Gasteiger partial charge on any atom is -0.504 e. The number of hydrogen-bond acceptors (Lipinski definition) is 4. The standard InChI is InChI=1S/C16H25NO3/c1-11-2-4-12(5-3-11)8-9-17-10-13-6-7-14(18)16(20)15(13)19/h6-7,11-12,17-20H,2-5,8-10H2,1H3. The smallest absolute Gasteiger partial charge is 0.200 e. The molecule has 1 fully saturated rings. The summed E-state index contributed by atoms with van der Waals surface area (Å²) in [4.78, 5) is 0. The third-order valence-electron chi connectivity index (χ3n) is 4.39. The highest BCUT2D eigenvalue weighted by atomic mass is 16.3. The number of phenols is 3. The van der Waals surface area contributed by atoms with Gasteiger partial charge in [0.2, 0.25) is 5.75 Å². The van der Waals surface area contributed by atoms with Gasteiger partial charge in [-0.2, -0.15) is 0 Å². The lowest BCUT2D eigenvalue weighted by atomic mass is 9.81. The van der Waals surface area contributed by atoms with Gasteiger partial charge in [0, 0.05) is 12.1 Å². The SMILES string of the molecule is CC1CCC(CCNCc2ccc(O)c(O)c2O)CC1. The van der Waals surface area contributed by atoms with E-state index in [-0.39, 0.29) is 11.5 Å². The molecule has 112 valence electrons. The van der Waals surface area contributed by atoms with E-state index in [9.17, 15) is 15.3 Å². The van der Waals surface area contributed by atoms with Crippen LogP contribution < -0.4 is 5.32 Å². The Hall–Kier alpha value is -1.42. The molecule has 0 amide bonds. The van der Waals surface area contributed by atoms with Crippen molar-refractivity contribution in [3.05, 3.63) is 17.7 Å². The molecule has 1 saturated carbocycles. The molecule has 0 heterocycles. The molecule has 1 aliphatic rings. The summed E-state index contributed by atoms with van der Waals surface area (Å²) in [6.07, 6.45) is 6.51. The second kappa shape index (κ2) is 6.84. The Morgan fingerprint density at radius 3 is 2.45 bits per heavy atom. The Labute approximate surface area is 120 Å². The molecule has 1 aliphatic carbocycles. The van der Waals surface area contributed by atoms with E-state index in [1.807, 2.05) is 0 Å². The van der Waals surface area contributed by atoms with Gasteiger partial charge >= 0.3 is 0 Å². The number of benzene rings is 1. The molecule has 0 aromatic heterocycles. The Bertz CT molecular complexity index is 440. The van der Waals surface area contributed by atoms with Gasteiger partial charge in [0.15, 0.2) is 11.5 Å². The number of nitrogens with one attached hydrogen (secondary N) is 1. The number of aromatic hydroxyl groups is 3. The second-order valence-corrected chi connectivity index (χ2v) is 6.03. The van der Waals surface area contributed by atoms with E-state index in [1.54, 1.807) is 6.07 Å². The normalized spacial score (nSPS) is 22.9. The third-order valence-corrected chi connectivity index (χ3v) is 4.39. The molecule has 20 heavy (non-hydrogen) atoms. The van der Waals surface area contributed by atoms with Gasteiger partial charge in [-0.15, -0.1) is 0 Å². The molecule has 4 heteroatoms. The molecule has 0 bridgehead atoms. The van der Waals surface area contributed by atoms with Gasteiger partial charge in [0.05, 0.1) is 0 Å². The van der Waals surface area contributed by atoms with Crippen molar-refractivity contribution in [1.29, 1.82) is 0 Å². The van der Waals surface area contributed by atoms with Crippen molar-refractivity contribution in [3.8, 4) is 17.2 Å². The Kier molecular flexibility index (Phi) is 5.12. The average molecular weight is 279 g/mol. The van der Waals surface area contributed by atoms with Crippen LogP contribution in [0.3, 0.4) is 0 Å². The lowest BCUT2D eigenvalue weighted by Crippen LogP contribution is -2.20. The van der Waals surface area contributed by atoms with Crippen LogP contribution in [-0.2, 0) is 6.54 Å². The van der Waals surface area contributed by atoms with Gasteiger partial charge in [0.1, 0.15) is 0 Å². The summed E-state index contributed by atoms with van der Waals surface area (Å²) in [5.74, 6) is 0.744. The zero-order valence-electron chi connectivity index (χ0n) is 12.1. The Morgan fingerprint density at radius 1 is 1.05 bits per heavy atom. The summed E-state index contributed by atoms with van der Waals surface area (Å²) >= 11 is 0. The lowest BCUT2D eigenvalue weighted by Gasteiger charge is -2.26. The van der Waals surface area contributed by atoms with E-state index in [0.29, 0.717) is 12.1 Å². The predicted octanol–water partition coefficient (Wildman–Crippen LogP) is 3.11. The number of hydrogen-bond donors (Lipinski definition) is 4. The van der Waals surface area contributed by atoms with Gasteiger partial charge in [-0.1, -0.05) is 38.7 Å². The number of rotatable bonds is 5. The van der Waals surface area contributed by atoms with Crippen LogP contribution in [0.15, 0.2) is 12.1 Å². The van der Waals surface area contributed by atoms with Gasteiger partial charge in [-0.05, 0) is 30.9 Å². The minimum absolute atomic E-state index is 0.232. The first kappa shape index (κ1) is 15.0. The first-order valence-electron chi connectivity index (χ1n) is 7.51. The molecule has 0 radical (unpaired) electrons. The molecule has 0 unspecified atom stereocenters. The fourth-order valence-corrected chi connectivity index (χ4v) is 2.90. The van der Waals surface area contributed by atoms with Crippen LogP contribution in [0.25, 0.3) is 0 Å². The van der Waals surface area contributed by atoms with Crippen molar-refractivity contribution in [3.63, 3.8) is 0 Å². The fourth-order valence-electron chi connectivity index (χ4n) is 2.90. The predicted molar refractivity (Wildman–Crippen MR) is 78.9 cm³/mol. The van der Waals surface area contributed by atoms with Gasteiger partial charge in [-0.3, -0.25) is 0 Å². The maximum atomic E-state index is 9.71. The first-order valence-corrected chi connectivity index (χ1v) is 7.51. The second-order valence-electron chi connectivity index (χ2n) is 6.03. The summed E-state index contributed by atoms with van der Waals surface area (Å²) < 4.78 is 0. The fraction of sp³-hybridized carbons (Fsp3) is 0.625. The van der Waals surface area contributed by atoms with E-state index in [0.717, 1.165) is 24.8 Å². The Balaban J connectivity index is 1.72. The molecular formula is C16H25NO3. The zero-order chi connectivity index (χ0) is 14.5. The molecule has 0 spiro atoms. The summed E-state index contributed by atoms with van der Waals surface area (Å²) in [5.41, 5.74) is 0.609. The van der Waals surface area contributed by atoms with Crippen LogP contribution in [0.5, 0.6) is 17.2 Å². The van der Waals surface area contributed by atoms with Crippen molar-refractivity contribution in [2.45, 2.75) is 45.6 Å². The van der Waals surface area contributed by atoms with Crippen molar-refractivity contribution >= 4 is 0 Å². The first-order chi connectivity index (χ1) is 9.58. The third kappa shape index (κ3) is 3.79. The monoisotopic (exact) mass is 279 g/mol. The van der Waals surface area contributed by atoms with E-state index in [1.165, 1.54) is 31.7 Å². The molecule has 0 atom stereocenters. The van der Waals surface area contributed by atoms with Crippen LogP contribution in [0.1, 0.15) is 44.6 Å². The molecule has 0 aliphatic heterocycles. The minimum atomic E-state index is -0.439. The highest BCUT2D eigenvalue weighted by Gasteiger charge is 2.17. The molecule has 1 aromatic carbocycles. The van der Waals surface area contributed by atoms with E-state index < -0.39 is 5.75 Å². The molecule has 4 nitrogen and oxygen atoms in total. The van der Waals surface area contributed by atoms with Gasteiger partial charge < -0.3 is 20.6 Å². The topological polar surface area (TPSA) is 72.7 Å². The van der Waals surface area contributed by atoms with Crippen LogP contribution in [0, 0.1) is 11.8 Å². The van der Waals surface area contributed by atoms with E-state index in [2.05, 4.69) is 12.2 Å². The molecule has 0 saturated heterocycles. The zero-order valence-corrected chi connectivity index (χ0v) is 12.1. The average Bonchev–Trinajstić information content (AvgIpc) is 2.45. The van der Waals surface area contributed by atoms with Gasteiger partial charge in [0.25, 0.3) is 0 Å². The maximum Gasteiger partial charge on any atom is 0.200 e. The highest BCUT2D eigenvalue weighted by molar-refractivity contribution is 5.52. The van der Waals surface area contributed by atoms with Crippen molar-refractivity contribution in [2.75, 3.05) is 6.54 Å². The van der Waals surface area contributed by atoms with Crippen molar-refractivity contribution in [1.82, 2.24) is 5.32 Å².